The summed E-state index contributed by atoms with van der Waals surface area (Å²) in [5.41, 5.74) is 5.16. The van der Waals surface area contributed by atoms with E-state index in [9.17, 15) is 0 Å². The van der Waals surface area contributed by atoms with Crippen molar-refractivity contribution in [1.29, 1.82) is 0 Å². The summed E-state index contributed by atoms with van der Waals surface area (Å²) in [4.78, 5) is 7.69. The number of H-pyrrole nitrogens is 1. The fourth-order valence-corrected chi connectivity index (χ4v) is 2.37. The number of hydrogen-bond acceptors (Lipinski definition) is 1. The molecule has 0 bridgehead atoms. The Labute approximate surface area is 94.9 Å². The third-order valence-electron chi connectivity index (χ3n) is 3.28. The van der Waals surface area contributed by atoms with Crippen LogP contribution in [0.25, 0.3) is 0 Å². The lowest BCUT2D eigenvalue weighted by molar-refractivity contribution is -0.690. The molecule has 2 heterocycles. The molecular formula is C13H16N3+. The van der Waals surface area contributed by atoms with Crippen LogP contribution < -0.4 is 5.32 Å². The second-order valence-electron chi connectivity index (χ2n) is 4.43. The van der Waals surface area contributed by atoms with Crippen molar-refractivity contribution in [2.45, 2.75) is 19.4 Å². The van der Waals surface area contributed by atoms with Crippen LogP contribution in [0, 0.1) is 6.92 Å². The lowest BCUT2D eigenvalue weighted by Crippen LogP contribution is -2.87. The molecule has 1 aromatic heterocycles. The van der Waals surface area contributed by atoms with Crippen molar-refractivity contribution in [1.82, 2.24) is 9.97 Å². The van der Waals surface area contributed by atoms with Gasteiger partial charge < -0.3 is 10.3 Å². The molecule has 0 amide bonds. The minimum absolute atomic E-state index is 0.371. The van der Waals surface area contributed by atoms with Crippen LogP contribution in [0.5, 0.6) is 0 Å². The van der Waals surface area contributed by atoms with E-state index in [1.54, 1.807) is 0 Å². The van der Waals surface area contributed by atoms with Crippen molar-refractivity contribution in [2.75, 3.05) is 6.54 Å². The van der Waals surface area contributed by atoms with Gasteiger partial charge in [0.05, 0.1) is 12.9 Å². The van der Waals surface area contributed by atoms with E-state index >= 15 is 0 Å². The maximum Gasteiger partial charge on any atom is 0.156 e. The van der Waals surface area contributed by atoms with Crippen molar-refractivity contribution in [3.63, 3.8) is 0 Å². The third kappa shape index (κ3) is 1.53. The van der Waals surface area contributed by atoms with Crippen molar-refractivity contribution >= 4 is 0 Å². The summed E-state index contributed by atoms with van der Waals surface area (Å²) in [7, 11) is 0. The van der Waals surface area contributed by atoms with Crippen molar-refractivity contribution in [3.05, 3.63) is 53.1 Å². The highest BCUT2D eigenvalue weighted by atomic mass is 15.0. The van der Waals surface area contributed by atoms with E-state index in [0.717, 1.165) is 13.0 Å². The van der Waals surface area contributed by atoms with Gasteiger partial charge in [0.15, 0.2) is 6.04 Å². The molecule has 3 heteroatoms. The first kappa shape index (κ1) is 9.60. The first-order valence-corrected chi connectivity index (χ1v) is 5.76. The molecule has 0 fully saturated rings. The van der Waals surface area contributed by atoms with E-state index in [1.165, 1.54) is 22.5 Å². The van der Waals surface area contributed by atoms with E-state index < -0.39 is 0 Å². The lowest BCUT2D eigenvalue weighted by atomic mass is 9.97. The van der Waals surface area contributed by atoms with Gasteiger partial charge in [-0.1, -0.05) is 29.8 Å². The summed E-state index contributed by atoms with van der Waals surface area (Å²) in [5.74, 6) is 0. The van der Waals surface area contributed by atoms with Crippen LogP contribution >= 0.6 is 0 Å². The van der Waals surface area contributed by atoms with Crippen molar-refractivity contribution in [3.8, 4) is 0 Å². The predicted octanol–water partition coefficient (Wildman–Crippen LogP) is 0.927. The normalized spacial score (nSPS) is 19.4. The van der Waals surface area contributed by atoms with Crippen LogP contribution in [0.1, 0.15) is 28.6 Å². The second-order valence-corrected chi connectivity index (χ2v) is 4.43. The van der Waals surface area contributed by atoms with Gasteiger partial charge in [0.2, 0.25) is 0 Å². The summed E-state index contributed by atoms with van der Waals surface area (Å²) in [6.07, 6.45) is 2.91. The average molecular weight is 214 g/mol. The van der Waals surface area contributed by atoms with Gasteiger partial charge in [-0.25, -0.2) is 4.98 Å². The third-order valence-corrected chi connectivity index (χ3v) is 3.28. The number of nitrogens with two attached hydrogens (primary N) is 1. The quantitative estimate of drug-likeness (QED) is 0.728. The molecule has 3 rings (SSSR count). The summed E-state index contributed by atoms with van der Waals surface area (Å²) in [5, 5.41) is 2.37. The minimum Gasteiger partial charge on any atom is -0.348 e. The molecule has 3 N–H and O–H groups in total. The van der Waals surface area contributed by atoms with Crippen LogP contribution in [0.2, 0.25) is 0 Å². The van der Waals surface area contributed by atoms with Gasteiger partial charge in [-0.2, -0.15) is 0 Å². The molecule has 1 aliphatic rings. The van der Waals surface area contributed by atoms with E-state index in [0.29, 0.717) is 6.04 Å². The fraction of sp³-hybridized carbons (Fsp3) is 0.308. The highest BCUT2D eigenvalue weighted by Crippen LogP contribution is 2.21. The molecule has 0 spiro atoms. The highest BCUT2D eigenvalue weighted by Gasteiger charge is 2.26. The van der Waals surface area contributed by atoms with E-state index in [1.807, 2.05) is 6.33 Å². The van der Waals surface area contributed by atoms with Crippen LogP contribution in [-0.2, 0) is 6.42 Å². The molecule has 1 atom stereocenters. The Bertz CT molecular complexity index is 484. The van der Waals surface area contributed by atoms with Gasteiger partial charge in [0.1, 0.15) is 5.69 Å². The standard InChI is InChI=1S/C13H15N3/c1-9-2-4-10(5-3-9)12-13-11(6-7-14-12)15-8-16-13/h2-5,8,12,14H,6-7H2,1H3,(H,15,16)/p+1/t12-/m0/s1. The molecule has 0 saturated carbocycles. The lowest BCUT2D eigenvalue weighted by Gasteiger charge is -2.20. The Hall–Kier alpha value is -1.61. The number of nitrogens with zero attached hydrogens (tertiary/aromatic N) is 1. The van der Waals surface area contributed by atoms with E-state index in [2.05, 4.69) is 46.5 Å². The van der Waals surface area contributed by atoms with Gasteiger partial charge in [-0.15, -0.1) is 0 Å². The number of hydrogen-bond donors (Lipinski definition) is 2. The topological polar surface area (TPSA) is 45.3 Å². The number of aromatic amines is 1. The van der Waals surface area contributed by atoms with Crippen LogP contribution in [0.3, 0.4) is 0 Å². The zero-order chi connectivity index (χ0) is 11.0. The first-order valence-electron chi connectivity index (χ1n) is 5.76. The molecule has 2 aromatic rings. The largest absolute Gasteiger partial charge is 0.348 e. The Morgan fingerprint density at radius 1 is 1.31 bits per heavy atom. The molecule has 3 nitrogen and oxygen atoms in total. The van der Waals surface area contributed by atoms with Crippen molar-refractivity contribution < 1.29 is 5.32 Å². The molecule has 1 aliphatic heterocycles. The van der Waals surface area contributed by atoms with Gasteiger partial charge in [-0.05, 0) is 6.92 Å². The SMILES string of the molecule is Cc1ccc([C@@H]2[NH2+]CCc3[nH]cnc32)cc1. The van der Waals surface area contributed by atoms with Crippen LogP contribution in [0.15, 0.2) is 30.6 Å². The maximum atomic E-state index is 4.45. The minimum atomic E-state index is 0.371. The molecule has 0 radical (unpaired) electrons. The molecule has 0 aliphatic carbocycles. The summed E-state index contributed by atoms with van der Waals surface area (Å²) < 4.78 is 0. The summed E-state index contributed by atoms with van der Waals surface area (Å²) in [6.45, 7) is 3.25. The summed E-state index contributed by atoms with van der Waals surface area (Å²) in [6, 6.07) is 9.13. The Kier molecular flexibility index (Phi) is 2.26. The number of quaternary nitrogens is 1. The summed E-state index contributed by atoms with van der Waals surface area (Å²) >= 11 is 0. The number of imidazole rings is 1. The molecular weight excluding hydrogens is 198 g/mol. The molecule has 0 saturated heterocycles. The van der Waals surface area contributed by atoms with Gasteiger partial charge in [-0.3, -0.25) is 0 Å². The Morgan fingerprint density at radius 3 is 2.94 bits per heavy atom. The molecule has 16 heavy (non-hydrogen) atoms. The number of rotatable bonds is 1. The number of fused-ring (bicyclic) bond motifs is 1. The smallest absolute Gasteiger partial charge is 0.156 e. The maximum absolute atomic E-state index is 4.45. The monoisotopic (exact) mass is 214 g/mol. The van der Waals surface area contributed by atoms with Crippen molar-refractivity contribution in [2.24, 2.45) is 0 Å². The zero-order valence-corrected chi connectivity index (χ0v) is 9.40. The van der Waals surface area contributed by atoms with E-state index in [4.69, 9.17) is 0 Å². The van der Waals surface area contributed by atoms with Gasteiger partial charge in [0.25, 0.3) is 0 Å². The van der Waals surface area contributed by atoms with Crippen LogP contribution in [0.4, 0.5) is 0 Å². The molecule has 82 valence electrons. The fourth-order valence-electron chi connectivity index (χ4n) is 2.37. The first-order chi connectivity index (χ1) is 7.84. The molecule has 1 aromatic carbocycles. The number of aryl methyl sites for hydroxylation is 1. The molecule has 0 unspecified atom stereocenters. The Morgan fingerprint density at radius 2 is 2.12 bits per heavy atom. The highest BCUT2D eigenvalue weighted by molar-refractivity contribution is 5.30. The van der Waals surface area contributed by atoms with Gasteiger partial charge >= 0.3 is 0 Å². The van der Waals surface area contributed by atoms with Gasteiger partial charge in [0, 0.05) is 17.7 Å². The van der Waals surface area contributed by atoms with Crippen LogP contribution in [-0.4, -0.2) is 16.5 Å². The Balaban J connectivity index is 2.00. The average Bonchev–Trinajstić information content (AvgIpc) is 2.78. The zero-order valence-electron chi connectivity index (χ0n) is 9.40. The number of benzene rings is 1. The number of aromatic nitrogens is 2. The second kappa shape index (κ2) is 3.76. The van der Waals surface area contributed by atoms with E-state index in [-0.39, 0.29) is 0 Å². The predicted molar refractivity (Wildman–Crippen MR) is 62.1 cm³/mol. The number of nitrogens with one attached hydrogen (secondary N) is 1.